The summed E-state index contributed by atoms with van der Waals surface area (Å²) >= 11 is 5.58. The van der Waals surface area contributed by atoms with Crippen molar-refractivity contribution in [1.29, 1.82) is 0 Å². The third-order valence-electron chi connectivity index (χ3n) is 2.97. The van der Waals surface area contributed by atoms with Crippen molar-refractivity contribution < 1.29 is 8.78 Å². The smallest absolute Gasteiger partial charge is 0.265 e. The fraction of sp³-hybridized carbons (Fsp3) is 0.0769. The second-order valence-electron chi connectivity index (χ2n) is 4.23. The van der Waals surface area contributed by atoms with Crippen LogP contribution in [0.4, 0.5) is 8.78 Å². The van der Waals surface area contributed by atoms with Crippen molar-refractivity contribution in [3.63, 3.8) is 0 Å². The van der Waals surface area contributed by atoms with E-state index in [1.165, 1.54) is 21.4 Å². The first-order chi connectivity index (χ1) is 10.1. The van der Waals surface area contributed by atoms with E-state index in [0.717, 1.165) is 26.6 Å². The molecule has 0 radical (unpaired) electrons. The summed E-state index contributed by atoms with van der Waals surface area (Å²) in [5.41, 5.74) is 2.31. The Morgan fingerprint density at radius 2 is 2.05 bits per heavy atom. The molecule has 0 fully saturated rings. The number of nitrogens with zero attached hydrogens (tertiary/aromatic N) is 3. The van der Waals surface area contributed by atoms with Crippen LogP contribution < -0.4 is 0 Å². The predicted molar refractivity (Wildman–Crippen MR) is 92.6 cm³/mol. The SMILES string of the molecule is FC(F)c1ccc(-c2cn(SI)c3ncc(Br)cc23)cn1. The second kappa shape index (κ2) is 6.17. The van der Waals surface area contributed by atoms with Crippen LogP contribution in [-0.2, 0) is 0 Å². The Morgan fingerprint density at radius 3 is 2.67 bits per heavy atom. The summed E-state index contributed by atoms with van der Waals surface area (Å²) in [4.78, 5) is 8.21. The van der Waals surface area contributed by atoms with E-state index in [4.69, 9.17) is 0 Å². The van der Waals surface area contributed by atoms with Gasteiger partial charge in [0.25, 0.3) is 6.43 Å². The number of pyridine rings is 2. The number of alkyl halides is 2. The minimum absolute atomic E-state index is 0.218. The van der Waals surface area contributed by atoms with Crippen LogP contribution >= 0.6 is 46.3 Å². The van der Waals surface area contributed by atoms with E-state index in [1.807, 2.05) is 16.2 Å². The van der Waals surface area contributed by atoms with E-state index in [2.05, 4.69) is 47.1 Å². The number of hydrogen-bond acceptors (Lipinski definition) is 3. The third kappa shape index (κ3) is 2.93. The lowest BCUT2D eigenvalue weighted by atomic mass is 10.1. The van der Waals surface area contributed by atoms with Gasteiger partial charge in [-0.3, -0.25) is 8.96 Å². The van der Waals surface area contributed by atoms with Crippen LogP contribution in [0.3, 0.4) is 0 Å². The van der Waals surface area contributed by atoms with Gasteiger partial charge in [0.2, 0.25) is 0 Å². The van der Waals surface area contributed by atoms with Crippen LogP contribution in [0.5, 0.6) is 0 Å². The molecular formula is C13H7BrF2IN3S. The van der Waals surface area contributed by atoms with E-state index >= 15 is 0 Å². The van der Waals surface area contributed by atoms with Gasteiger partial charge in [-0.2, -0.15) is 0 Å². The molecular weight excluding hydrogens is 475 g/mol. The summed E-state index contributed by atoms with van der Waals surface area (Å²) in [6.07, 6.45) is 2.58. The maximum Gasteiger partial charge on any atom is 0.280 e. The summed E-state index contributed by atoms with van der Waals surface area (Å²) < 4.78 is 28.0. The molecule has 0 bridgehead atoms. The molecule has 0 atom stereocenters. The Labute approximate surface area is 144 Å². The number of aromatic nitrogens is 3. The molecule has 3 aromatic heterocycles. The van der Waals surface area contributed by atoms with Gasteiger partial charge in [0.15, 0.2) is 5.65 Å². The van der Waals surface area contributed by atoms with E-state index < -0.39 is 6.43 Å². The predicted octanol–water partition coefficient (Wildman–Crippen LogP) is 5.64. The molecule has 0 aliphatic rings. The molecule has 0 saturated carbocycles. The van der Waals surface area contributed by atoms with E-state index in [-0.39, 0.29) is 5.69 Å². The molecule has 0 spiro atoms. The van der Waals surface area contributed by atoms with Gasteiger partial charge in [0.1, 0.15) is 5.69 Å². The minimum Gasteiger partial charge on any atom is -0.265 e. The summed E-state index contributed by atoms with van der Waals surface area (Å²) in [5, 5.41) is 0.945. The van der Waals surface area contributed by atoms with Crippen LogP contribution in [0, 0.1) is 0 Å². The van der Waals surface area contributed by atoms with Crippen LogP contribution in [0.2, 0.25) is 0 Å². The van der Waals surface area contributed by atoms with Gasteiger partial charge >= 0.3 is 0 Å². The highest BCUT2D eigenvalue weighted by Gasteiger charge is 2.14. The molecule has 0 unspecified atom stereocenters. The van der Waals surface area contributed by atoms with Gasteiger partial charge in [-0.25, -0.2) is 13.8 Å². The van der Waals surface area contributed by atoms with Crippen molar-refractivity contribution in [3.8, 4) is 11.1 Å². The van der Waals surface area contributed by atoms with Gasteiger partial charge in [0.05, 0.1) is 0 Å². The number of rotatable bonds is 3. The van der Waals surface area contributed by atoms with E-state index in [0.29, 0.717) is 0 Å². The maximum absolute atomic E-state index is 12.6. The summed E-state index contributed by atoms with van der Waals surface area (Å²) in [5.74, 6) is 0. The summed E-state index contributed by atoms with van der Waals surface area (Å²) in [7, 11) is 1.50. The quantitative estimate of drug-likeness (QED) is 0.453. The van der Waals surface area contributed by atoms with Gasteiger partial charge in [-0.15, -0.1) is 0 Å². The average Bonchev–Trinajstić information content (AvgIpc) is 2.85. The zero-order chi connectivity index (χ0) is 15.0. The number of fused-ring (bicyclic) bond motifs is 1. The lowest BCUT2D eigenvalue weighted by molar-refractivity contribution is 0.146. The summed E-state index contributed by atoms with van der Waals surface area (Å²) in [6, 6.07) is 4.97. The van der Waals surface area contributed by atoms with Crippen molar-refractivity contribution in [3.05, 3.63) is 47.0 Å². The van der Waals surface area contributed by atoms with Gasteiger partial charge < -0.3 is 0 Å². The molecule has 0 aliphatic heterocycles. The fourth-order valence-electron chi connectivity index (χ4n) is 2.03. The highest BCUT2D eigenvalue weighted by molar-refractivity contribution is 14.2. The van der Waals surface area contributed by atoms with Gasteiger partial charge in [-0.05, 0) is 28.1 Å². The molecule has 3 rings (SSSR count). The molecule has 0 aromatic carbocycles. The molecule has 0 aliphatic carbocycles. The first kappa shape index (κ1) is 15.2. The van der Waals surface area contributed by atoms with Crippen molar-refractivity contribution in [2.75, 3.05) is 0 Å². The number of halogens is 4. The third-order valence-corrected chi connectivity index (χ3v) is 5.11. The molecule has 108 valence electrons. The Kier molecular flexibility index (Phi) is 4.46. The lowest BCUT2D eigenvalue weighted by Gasteiger charge is -2.02. The first-order valence-corrected chi connectivity index (χ1v) is 9.91. The van der Waals surface area contributed by atoms with Crippen molar-refractivity contribution in [1.82, 2.24) is 13.9 Å². The maximum atomic E-state index is 12.6. The molecule has 8 heteroatoms. The topological polar surface area (TPSA) is 30.7 Å². The Bertz CT molecular complexity index is 792. The molecule has 3 aromatic rings. The first-order valence-electron chi connectivity index (χ1n) is 5.80. The zero-order valence-electron chi connectivity index (χ0n) is 10.3. The molecule has 0 amide bonds. The monoisotopic (exact) mass is 481 g/mol. The largest absolute Gasteiger partial charge is 0.280 e. The van der Waals surface area contributed by atoms with E-state index in [9.17, 15) is 8.78 Å². The minimum atomic E-state index is -2.55. The van der Waals surface area contributed by atoms with Gasteiger partial charge in [-0.1, -0.05) is 6.07 Å². The Balaban J connectivity index is 2.17. The normalized spacial score (nSPS) is 11.5. The fourth-order valence-corrected chi connectivity index (χ4v) is 3.62. The highest BCUT2D eigenvalue weighted by atomic mass is 127. The van der Waals surface area contributed by atoms with Crippen molar-refractivity contribution in [2.24, 2.45) is 0 Å². The second-order valence-corrected chi connectivity index (χ2v) is 6.86. The van der Waals surface area contributed by atoms with Crippen molar-refractivity contribution in [2.45, 2.75) is 6.43 Å². The highest BCUT2D eigenvalue weighted by Crippen LogP contribution is 2.35. The van der Waals surface area contributed by atoms with Crippen molar-refractivity contribution >= 4 is 57.3 Å². The molecule has 3 heterocycles. The number of hydrogen-bond donors (Lipinski definition) is 0. The van der Waals surface area contributed by atoms with Crippen LogP contribution in [0.25, 0.3) is 22.2 Å². The van der Waals surface area contributed by atoms with Gasteiger partial charge in [0, 0.05) is 69.9 Å². The standard InChI is InChI=1S/C13H7BrF2IN3S/c14-8-3-9-10(6-20(21-17)13(9)19-5-8)7-1-2-11(12(15)16)18-4-7/h1-6,12H. The molecule has 21 heavy (non-hydrogen) atoms. The summed E-state index contributed by atoms with van der Waals surface area (Å²) in [6.45, 7) is 0. The lowest BCUT2D eigenvalue weighted by Crippen LogP contribution is -1.89. The molecule has 3 nitrogen and oxygen atoms in total. The Morgan fingerprint density at radius 1 is 1.24 bits per heavy atom. The molecule has 0 saturated heterocycles. The van der Waals surface area contributed by atoms with E-state index in [1.54, 1.807) is 12.3 Å². The van der Waals surface area contributed by atoms with Crippen LogP contribution in [0.15, 0.2) is 41.3 Å². The molecule has 0 N–H and O–H groups in total. The van der Waals surface area contributed by atoms with Crippen LogP contribution in [-0.4, -0.2) is 13.9 Å². The van der Waals surface area contributed by atoms with Crippen LogP contribution in [0.1, 0.15) is 12.1 Å². The average molecular weight is 482 g/mol. The zero-order valence-corrected chi connectivity index (χ0v) is 14.9. The Hall–Kier alpha value is -0.740.